The summed E-state index contributed by atoms with van der Waals surface area (Å²) in [6.45, 7) is 2.08. The molecule has 0 heterocycles. The molecule has 0 radical (unpaired) electrons. The molecule has 0 spiro atoms. The quantitative estimate of drug-likeness (QED) is 0.634. The highest BCUT2D eigenvalue weighted by Crippen LogP contribution is 2.36. The van der Waals surface area contributed by atoms with Gasteiger partial charge in [-0.2, -0.15) is 13.2 Å². The Balaban J connectivity index is 2.59. The fourth-order valence-corrected chi connectivity index (χ4v) is 1.63. The zero-order valence-corrected chi connectivity index (χ0v) is 11.6. The highest BCUT2D eigenvalue weighted by Gasteiger charge is 2.33. The number of halogens is 4. The summed E-state index contributed by atoms with van der Waals surface area (Å²) in [6, 6.07) is 3.37. The van der Waals surface area contributed by atoms with Gasteiger partial charge in [0.05, 0.1) is 17.2 Å². The SMILES string of the molecule is CCCCOC(=O)CNc1ccc(Cl)c(C(F)(F)F)c1. The Morgan fingerprint density at radius 1 is 1.40 bits per heavy atom. The Hall–Kier alpha value is -1.43. The molecule has 1 rings (SSSR count). The molecule has 0 aliphatic rings. The molecule has 0 aliphatic heterocycles. The zero-order valence-electron chi connectivity index (χ0n) is 10.9. The molecule has 1 aromatic carbocycles. The monoisotopic (exact) mass is 309 g/mol. The Morgan fingerprint density at radius 3 is 2.70 bits per heavy atom. The molecule has 1 aromatic rings. The van der Waals surface area contributed by atoms with E-state index >= 15 is 0 Å². The topological polar surface area (TPSA) is 38.3 Å². The van der Waals surface area contributed by atoms with Crippen LogP contribution in [0.15, 0.2) is 18.2 Å². The number of esters is 1. The lowest BCUT2D eigenvalue weighted by Gasteiger charge is -2.12. The van der Waals surface area contributed by atoms with Crippen molar-refractivity contribution in [1.82, 2.24) is 0 Å². The summed E-state index contributed by atoms with van der Waals surface area (Å²) >= 11 is 5.49. The van der Waals surface area contributed by atoms with Gasteiger partial charge in [0.2, 0.25) is 0 Å². The number of rotatable bonds is 6. The van der Waals surface area contributed by atoms with E-state index in [-0.39, 0.29) is 17.3 Å². The summed E-state index contributed by atoms with van der Waals surface area (Å²) in [5.74, 6) is -0.512. The number of benzene rings is 1. The molecule has 0 saturated heterocycles. The van der Waals surface area contributed by atoms with Gasteiger partial charge in [0.15, 0.2) is 0 Å². The first-order chi connectivity index (χ1) is 9.34. The van der Waals surface area contributed by atoms with Crippen molar-refractivity contribution in [2.45, 2.75) is 25.9 Å². The predicted molar refractivity (Wildman–Crippen MR) is 70.8 cm³/mol. The minimum Gasteiger partial charge on any atom is -0.464 e. The van der Waals surface area contributed by atoms with Crippen molar-refractivity contribution in [2.24, 2.45) is 0 Å². The highest BCUT2D eigenvalue weighted by atomic mass is 35.5. The van der Waals surface area contributed by atoms with Crippen molar-refractivity contribution in [2.75, 3.05) is 18.5 Å². The van der Waals surface area contributed by atoms with Crippen molar-refractivity contribution in [3.63, 3.8) is 0 Å². The van der Waals surface area contributed by atoms with Gasteiger partial charge in [0.25, 0.3) is 0 Å². The van der Waals surface area contributed by atoms with Crippen molar-refractivity contribution >= 4 is 23.3 Å². The maximum absolute atomic E-state index is 12.6. The maximum atomic E-state index is 12.6. The zero-order chi connectivity index (χ0) is 15.2. The molecule has 0 aliphatic carbocycles. The fraction of sp³-hybridized carbons (Fsp3) is 0.462. The van der Waals surface area contributed by atoms with E-state index in [1.165, 1.54) is 6.07 Å². The molecule has 0 fully saturated rings. The van der Waals surface area contributed by atoms with Crippen LogP contribution in [0.1, 0.15) is 25.3 Å². The number of nitrogens with one attached hydrogen (secondary N) is 1. The highest BCUT2D eigenvalue weighted by molar-refractivity contribution is 6.31. The van der Waals surface area contributed by atoms with Crippen LogP contribution < -0.4 is 5.32 Å². The summed E-state index contributed by atoms with van der Waals surface area (Å²) < 4.78 is 42.8. The molecule has 0 amide bonds. The Bertz CT molecular complexity index is 463. The summed E-state index contributed by atoms with van der Waals surface area (Å²) in [7, 11) is 0. The molecule has 1 N–H and O–H groups in total. The maximum Gasteiger partial charge on any atom is 0.417 e. The Labute approximate surface area is 120 Å². The van der Waals surface area contributed by atoms with Crippen molar-refractivity contribution in [1.29, 1.82) is 0 Å². The molecular formula is C13H15ClF3NO2. The Kier molecular flexibility index (Phi) is 6.13. The number of carbonyl (C=O) groups is 1. The third-order valence-corrected chi connectivity index (χ3v) is 2.80. The van der Waals surface area contributed by atoms with E-state index in [4.69, 9.17) is 16.3 Å². The van der Waals surface area contributed by atoms with Crippen molar-refractivity contribution in [3.8, 4) is 0 Å². The molecule has 0 bridgehead atoms. The summed E-state index contributed by atoms with van der Waals surface area (Å²) in [4.78, 5) is 11.3. The number of hydrogen-bond acceptors (Lipinski definition) is 3. The molecule has 0 unspecified atom stereocenters. The standard InChI is InChI=1S/C13H15ClF3NO2/c1-2-3-6-20-12(19)8-18-9-4-5-11(14)10(7-9)13(15,16)17/h4-5,7,18H,2-3,6,8H2,1H3. The van der Waals surface area contributed by atoms with Crippen molar-refractivity contribution < 1.29 is 22.7 Å². The van der Waals surface area contributed by atoms with E-state index in [1.807, 2.05) is 6.92 Å². The third-order valence-electron chi connectivity index (χ3n) is 2.47. The Morgan fingerprint density at radius 2 is 2.10 bits per heavy atom. The van der Waals surface area contributed by atoms with Gasteiger partial charge in [-0.1, -0.05) is 24.9 Å². The third kappa shape index (κ3) is 5.28. The number of ether oxygens (including phenoxy) is 1. The number of anilines is 1. The molecule has 20 heavy (non-hydrogen) atoms. The van der Waals surface area contributed by atoms with E-state index in [1.54, 1.807) is 0 Å². The normalized spacial score (nSPS) is 11.2. The van der Waals surface area contributed by atoms with E-state index in [0.717, 1.165) is 25.0 Å². The van der Waals surface area contributed by atoms with Crippen LogP contribution in [0.5, 0.6) is 0 Å². The fourth-order valence-electron chi connectivity index (χ4n) is 1.41. The largest absolute Gasteiger partial charge is 0.464 e. The van der Waals surface area contributed by atoms with Gasteiger partial charge < -0.3 is 10.1 Å². The second-order valence-electron chi connectivity index (χ2n) is 4.12. The summed E-state index contributed by atoms with van der Waals surface area (Å²) in [5, 5.41) is 2.20. The van der Waals surface area contributed by atoms with Gasteiger partial charge in [-0.15, -0.1) is 0 Å². The van der Waals surface area contributed by atoms with E-state index in [9.17, 15) is 18.0 Å². The van der Waals surface area contributed by atoms with Crippen LogP contribution in [0.25, 0.3) is 0 Å². The second kappa shape index (κ2) is 7.38. The lowest BCUT2D eigenvalue weighted by Crippen LogP contribution is -2.17. The minimum atomic E-state index is -4.53. The number of carbonyl (C=O) groups excluding carboxylic acids is 1. The lowest BCUT2D eigenvalue weighted by atomic mass is 10.2. The summed E-state index contributed by atoms with van der Waals surface area (Å²) in [5.41, 5.74) is -0.780. The predicted octanol–water partition coefficient (Wildman–Crippen LogP) is 4.11. The van der Waals surface area contributed by atoms with Gasteiger partial charge in [0, 0.05) is 5.69 Å². The number of hydrogen-bond donors (Lipinski definition) is 1. The minimum absolute atomic E-state index is 0.161. The molecule has 0 saturated carbocycles. The molecule has 0 atom stereocenters. The average Bonchev–Trinajstić information content (AvgIpc) is 2.36. The van der Waals surface area contributed by atoms with Gasteiger partial charge in [-0.25, -0.2) is 0 Å². The number of alkyl halides is 3. The van der Waals surface area contributed by atoms with Crippen LogP contribution >= 0.6 is 11.6 Å². The van der Waals surface area contributed by atoms with Crippen LogP contribution in [0.2, 0.25) is 5.02 Å². The van der Waals surface area contributed by atoms with Gasteiger partial charge >= 0.3 is 12.1 Å². The van der Waals surface area contributed by atoms with Crippen LogP contribution in [-0.4, -0.2) is 19.1 Å². The molecule has 7 heteroatoms. The average molecular weight is 310 g/mol. The first-order valence-corrected chi connectivity index (χ1v) is 6.48. The molecule has 3 nitrogen and oxygen atoms in total. The molecule has 112 valence electrons. The van der Waals surface area contributed by atoms with E-state index in [0.29, 0.717) is 6.61 Å². The van der Waals surface area contributed by atoms with E-state index in [2.05, 4.69) is 5.32 Å². The van der Waals surface area contributed by atoms with Crippen molar-refractivity contribution in [3.05, 3.63) is 28.8 Å². The number of unbranched alkanes of at least 4 members (excludes halogenated alkanes) is 1. The van der Waals surface area contributed by atoms with Gasteiger partial charge in [0.1, 0.15) is 6.54 Å². The van der Waals surface area contributed by atoms with Crippen LogP contribution in [-0.2, 0) is 15.7 Å². The second-order valence-corrected chi connectivity index (χ2v) is 4.53. The smallest absolute Gasteiger partial charge is 0.417 e. The summed E-state index contributed by atoms with van der Waals surface area (Å²) in [6.07, 6.45) is -2.88. The van der Waals surface area contributed by atoms with Crippen LogP contribution in [0.3, 0.4) is 0 Å². The first kappa shape index (κ1) is 16.6. The van der Waals surface area contributed by atoms with E-state index < -0.39 is 17.7 Å². The van der Waals surface area contributed by atoms with Gasteiger partial charge in [-0.3, -0.25) is 4.79 Å². The van der Waals surface area contributed by atoms with Gasteiger partial charge in [-0.05, 0) is 24.6 Å². The lowest BCUT2D eigenvalue weighted by molar-refractivity contribution is -0.141. The van der Waals surface area contributed by atoms with Crippen LogP contribution in [0, 0.1) is 0 Å². The molecular weight excluding hydrogens is 295 g/mol. The first-order valence-electron chi connectivity index (χ1n) is 6.11. The van der Waals surface area contributed by atoms with Crippen LogP contribution in [0.4, 0.5) is 18.9 Å². The molecule has 0 aromatic heterocycles.